The van der Waals surface area contributed by atoms with Gasteiger partial charge in [-0.2, -0.15) is 0 Å². The number of pyridine rings is 1. The second-order valence-corrected chi connectivity index (χ2v) is 6.37. The van der Waals surface area contributed by atoms with Crippen molar-refractivity contribution in [2.45, 2.75) is 26.3 Å². The molecule has 2 aromatic heterocycles. The quantitative estimate of drug-likeness (QED) is 0.716. The monoisotopic (exact) mass is 327 g/mol. The molecule has 3 aromatic rings. The van der Waals surface area contributed by atoms with Crippen LogP contribution in [0, 0.1) is 11.7 Å². The average molecular weight is 327 g/mol. The van der Waals surface area contributed by atoms with Gasteiger partial charge in [0.15, 0.2) is 11.6 Å². The molecule has 0 fully saturated rings. The van der Waals surface area contributed by atoms with Crippen LogP contribution in [0.5, 0.6) is 5.75 Å². The molecule has 4 nitrogen and oxygen atoms in total. The van der Waals surface area contributed by atoms with E-state index < -0.39 is 0 Å². The van der Waals surface area contributed by atoms with Gasteiger partial charge in [0.2, 0.25) is 0 Å². The van der Waals surface area contributed by atoms with E-state index in [1.807, 2.05) is 31.3 Å². The third-order valence-electron chi connectivity index (χ3n) is 3.99. The number of nitrogens with one attached hydrogen (secondary N) is 1. The Morgan fingerprint density at radius 3 is 2.83 bits per heavy atom. The molecule has 126 valence electrons. The van der Waals surface area contributed by atoms with E-state index in [2.05, 4.69) is 16.9 Å². The zero-order chi connectivity index (χ0) is 17.1. The molecule has 2 heterocycles. The molecule has 2 atom stereocenters. The van der Waals surface area contributed by atoms with Crippen LogP contribution in [-0.4, -0.2) is 22.6 Å². The minimum absolute atomic E-state index is 0.116. The first kappa shape index (κ1) is 16.5. The standard InChI is InChI=1S/C19H22FN3O/c1-12(9-13(2)21)11-24-18-4-3-14(10-16(18)20)15-5-7-22-17-6-8-23-19(15)17/h3-8,10,12-13,23H,9,11,21H2,1-2H3. The Morgan fingerprint density at radius 1 is 1.25 bits per heavy atom. The molecule has 3 N–H and O–H groups in total. The Labute approximate surface area is 140 Å². The number of aromatic nitrogens is 2. The molecule has 0 saturated heterocycles. The first-order valence-corrected chi connectivity index (χ1v) is 8.15. The normalized spacial score (nSPS) is 13.8. The number of hydrogen-bond acceptors (Lipinski definition) is 3. The molecule has 2 unspecified atom stereocenters. The molecular weight excluding hydrogens is 305 g/mol. The summed E-state index contributed by atoms with van der Waals surface area (Å²) in [6.45, 7) is 4.46. The molecule has 5 heteroatoms. The van der Waals surface area contributed by atoms with Gasteiger partial charge in [-0.1, -0.05) is 13.0 Å². The van der Waals surface area contributed by atoms with Crippen LogP contribution in [0.4, 0.5) is 4.39 Å². The summed E-state index contributed by atoms with van der Waals surface area (Å²) in [6, 6.07) is 8.93. The molecule has 3 rings (SSSR count). The van der Waals surface area contributed by atoms with Crippen molar-refractivity contribution in [2.24, 2.45) is 11.7 Å². The van der Waals surface area contributed by atoms with Crippen LogP contribution in [0.3, 0.4) is 0 Å². The van der Waals surface area contributed by atoms with Crippen LogP contribution in [0.1, 0.15) is 20.3 Å². The third-order valence-corrected chi connectivity index (χ3v) is 3.99. The molecule has 24 heavy (non-hydrogen) atoms. The van der Waals surface area contributed by atoms with Gasteiger partial charge in [0.25, 0.3) is 0 Å². The molecule has 0 radical (unpaired) electrons. The van der Waals surface area contributed by atoms with Gasteiger partial charge in [-0.15, -0.1) is 0 Å². The SMILES string of the molecule is CC(N)CC(C)COc1ccc(-c2ccnc3cc[nH]c23)cc1F. The summed E-state index contributed by atoms with van der Waals surface area (Å²) in [6.07, 6.45) is 4.40. The van der Waals surface area contributed by atoms with Crippen molar-refractivity contribution in [3.05, 3.63) is 48.5 Å². The van der Waals surface area contributed by atoms with Gasteiger partial charge in [0.1, 0.15) is 0 Å². The predicted octanol–water partition coefficient (Wildman–Crippen LogP) is 4.12. The Morgan fingerprint density at radius 2 is 2.08 bits per heavy atom. The lowest BCUT2D eigenvalue weighted by Crippen LogP contribution is -2.21. The number of hydrogen-bond donors (Lipinski definition) is 2. The number of nitrogens with zero attached hydrogens (tertiary/aromatic N) is 1. The van der Waals surface area contributed by atoms with Crippen molar-refractivity contribution in [2.75, 3.05) is 6.61 Å². The average Bonchev–Trinajstić information content (AvgIpc) is 3.01. The Balaban J connectivity index is 1.79. The Hall–Kier alpha value is -2.40. The summed E-state index contributed by atoms with van der Waals surface area (Å²) in [5.74, 6) is 0.187. The van der Waals surface area contributed by atoms with Gasteiger partial charge in [-0.25, -0.2) is 4.39 Å². The van der Waals surface area contributed by atoms with E-state index in [0.717, 1.165) is 28.6 Å². The highest BCUT2D eigenvalue weighted by atomic mass is 19.1. The van der Waals surface area contributed by atoms with Crippen LogP contribution >= 0.6 is 0 Å². The first-order chi connectivity index (χ1) is 11.5. The van der Waals surface area contributed by atoms with E-state index in [1.54, 1.807) is 12.3 Å². The van der Waals surface area contributed by atoms with Crippen LogP contribution in [0.25, 0.3) is 22.2 Å². The highest BCUT2D eigenvalue weighted by Crippen LogP contribution is 2.30. The van der Waals surface area contributed by atoms with Gasteiger partial charge < -0.3 is 15.5 Å². The maximum atomic E-state index is 14.4. The van der Waals surface area contributed by atoms with Crippen molar-refractivity contribution in [1.29, 1.82) is 0 Å². The van der Waals surface area contributed by atoms with Crippen molar-refractivity contribution in [1.82, 2.24) is 9.97 Å². The number of nitrogens with two attached hydrogens (primary N) is 1. The van der Waals surface area contributed by atoms with Crippen molar-refractivity contribution < 1.29 is 9.13 Å². The smallest absolute Gasteiger partial charge is 0.165 e. The van der Waals surface area contributed by atoms with Gasteiger partial charge in [-0.3, -0.25) is 4.98 Å². The number of rotatable bonds is 6. The van der Waals surface area contributed by atoms with Crippen LogP contribution in [0.15, 0.2) is 42.7 Å². The van der Waals surface area contributed by atoms with Gasteiger partial charge in [-0.05, 0) is 49.1 Å². The summed E-state index contributed by atoms with van der Waals surface area (Å²) >= 11 is 0. The summed E-state index contributed by atoms with van der Waals surface area (Å²) in [5, 5.41) is 0. The van der Waals surface area contributed by atoms with Gasteiger partial charge in [0, 0.05) is 24.0 Å². The van der Waals surface area contributed by atoms with Crippen molar-refractivity contribution in [3.8, 4) is 16.9 Å². The molecule has 0 saturated carbocycles. The zero-order valence-electron chi connectivity index (χ0n) is 13.9. The summed E-state index contributed by atoms with van der Waals surface area (Å²) in [5.41, 5.74) is 9.24. The molecular formula is C19H22FN3O. The van der Waals surface area contributed by atoms with Crippen molar-refractivity contribution in [3.63, 3.8) is 0 Å². The van der Waals surface area contributed by atoms with Crippen molar-refractivity contribution >= 4 is 11.0 Å². The Bertz CT molecular complexity index is 828. The number of aromatic amines is 1. The lowest BCUT2D eigenvalue weighted by Gasteiger charge is -2.15. The predicted molar refractivity (Wildman–Crippen MR) is 94.4 cm³/mol. The lowest BCUT2D eigenvalue weighted by molar-refractivity contribution is 0.237. The highest BCUT2D eigenvalue weighted by Gasteiger charge is 2.12. The fourth-order valence-corrected chi connectivity index (χ4v) is 2.92. The summed E-state index contributed by atoms with van der Waals surface area (Å²) in [7, 11) is 0. The number of halogens is 1. The second-order valence-electron chi connectivity index (χ2n) is 6.37. The number of ether oxygens (including phenoxy) is 1. The first-order valence-electron chi connectivity index (χ1n) is 8.15. The molecule has 0 aliphatic carbocycles. The minimum atomic E-state index is -0.364. The van der Waals surface area contributed by atoms with E-state index in [1.165, 1.54) is 6.07 Å². The maximum absolute atomic E-state index is 14.4. The minimum Gasteiger partial charge on any atom is -0.490 e. The fraction of sp³-hybridized carbons (Fsp3) is 0.316. The van der Waals surface area contributed by atoms with Crippen LogP contribution < -0.4 is 10.5 Å². The summed E-state index contributed by atoms with van der Waals surface area (Å²) in [4.78, 5) is 7.43. The number of H-pyrrole nitrogens is 1. The highest BCUT2D eigenvalue weighted by molar-refractivity contribution is 5.91. The third kappa shape index (κ3) is 3.57. The van der Waals surface area contributed by atoms with Crippen LogP contribution in [0.2, 0.25) is 0 Å². The molecule has 0 bridgehead atoms. The molecule has 0 amide bonds. The van der Waals surface area contributed by atoms with E-state index in [9.17, 15) is 4.39 Å². The number of benzene rings is 1. The van der Waals surface area contributed by atoms with E-state index in [-0.39, 0.29) is 23.5 Å². The topological polar surface area (TPSA) is 63.9 Å². The molecule has 1 aromatic carbocycles. The Kier molecular flexibility index (Phi) is 4.81. The second kappa shape index (κ2) is 7.01. The van der Waals surface area contributed by atoms with E-state index >= 15 is 0 Å². The lowest BCUT2D eigenvalue weighted by atomic mass is 10.0. The van der Waals surface area contributed by atoms with Gasteiger partial charge >= 0.3 is 0 Å². The zero-order valence-corrected chi connectivity index (χ0v) is 13.9. The van der Waals surface area contributed by atoms with Crippen LogP contribution in [-0.2, 0) is 0 Å². The largest absolute Gasteiger partial charge is 0.490 e. The fourth-order valence-electron chi connectivity index (χ4n) is 2.92. The van der Waals surface area contributed by atoms with E-state index in [4.69, 9.17) is 10.5 Å². The van der Waals surface area contributed by atoms with E-state index in [0.29, 0.717) is 6.61 Å². The summed E-state index contributed by atoms with van der Waals surface area (Å²) < 4.78 is 20.0. The molecule has 0 aliphatic heterocycles. The maximum Gasteiger partial charge on any atom is 0.165 e. The molecule has 0 aliphatic rings. The number of fused-ring (bicyclic) bond motifs is 1. The molecule has 0 spiro atoms. The van der Waals surface area contributed by atoms with Gasteiger partial charge in [0.05, 0.1) is 17.6 Å².